The molecule has 3 aromatic rings. The maximum atomic E-state index is 9.41. The van der Waals surface area contributed by atoms with Gasteiger partial charge in [0.15, 0.2) is 0 Å². The molecule has 5 heteroatoms. The number of hydrogen-bond donors (Lipinski definition) is 1. The van der Waals surface area contributed by atoms with Crippen molar-refractivity contribution in [1.82, 2.24) is 9.55 Å². The molecular formula is C20H21N5. The average Bonchev–Trinajstić information content (AvgIpc) is 3.01. The summed E-state index contributed by atoms with van der Waals surface area (Å²) in [6.07, 6.45) is 2.15. The second kappa shape index (κ2) is 6.58. The van der Waals surface area contributed by atoms with Crippen molar-refractivity contribution in [3.63, 3.8) is 0 Å². The molecule has 1 saturated heterocycles. The van der Waals surface area contributed by atoms with E-state index >= 15 is 0 Å². The maximum absolute atomic E-state index is 9.41. The number of anilines is 1. The predicted molar refractivity (Wildman–Crippen MR) is 99.4 cm³/mol. The zero-order valence-electron chi connectivity index (χ0n) is 14.1. The Labute approximate surface area is 147 Å². The fourth-order valence-electron chi connectivity index (χ4n) is 3.59. The molecule has 1 atom stereocenters. The molecule has 0 spiro atoms. The van der Waals surface area contributed by atoms with E-state index in [1.807, 2.05) is 42.5 Å². The Kier molecular flexibility index (Phi) is 4.12. The summed E-state index contributed by atoms with van der Waals surface area (Å²) in [5, 5.41) is 9.41. The van der Waals surface area contributed by atoms with Crippen molar-refractivity contribution in [1.29, 1.82) is 5.26 Å². The minimum Gasteiger partial charge on any atom is -0.341 e. The van der Waals surface area contributed by atoms with Crippen LogP contribution in [0.4, 0.5) is 5.95 Å². The Morgan fingerprint density at radius 1 is 1.16 bits per heavy atom. The highest BCUT2D eigenvalue weighted by Crippen LogP contribution is 2.26. The second-order valence-electron chi connectivity index (χ2n) is 6.60. The Balaban J connectivity index is 1.81. The Morgan fingerprint density at radius 2 is 1.96 bits per heavy atom. The van der Waals surface area contributed by atoms with E-state index in [0.717, 1.165) is 48.5 Å². The van der Waals surface area contributed by atoms with Crippen LogP contribution in [0.5, 0.6) is 0 Å². The molecule has 0 amide bonds. The van der Waals surface area contributed by atoms with E-state index in [4.69, 9.17) is 10.7 Å². The molecule has 2 heterocycles. The number of nitrogens with zero attached hydrogens (tertiary/aromatic N) is 4. The van der Waals surface area contributed by atoms with Crippen LogP contribution in [0.15, 0.2) is 48.5 Å². The molecular weight excluding hydrogens is 310 g/mol. The molecule has 25 heavy (non-hydrogen) atoms. The number of benzene rings is 2. The van der Waals surface area contributed by atoms with Gasteiger partial charge < -0.3 is 15.2 Å². The van der Waals surface area contributed by atoms with E-state index in [0.29, 0.717) is 12.1 Å². The summed E-state index contributed by atoms with van der Waals surface area (Å²) in [6, 6.07) is 18.4. The zero-order valence-corrected chi connectivity index (χ0v) is 14.1. The smallest absolute Gasteiger partial charge is 0.206 e. The van der Waals surface area contributed by atoms with Crippen LogP contribution in [0.3, 0.4) is 0 Å². The maximum Gasteiger partial charge on any atom is 0.206 e. The van der Waals surface area contributed by atoms with Crippen molar-refractivity contribution in [3.8, 4) is 6.07 Å². The molecule has 5 nitrogen and oxygen atoms in total. The van der Waals surface area contributed by atoms with Gasteiger partial charge in [-0.25, -0.2) is 4.98 Å². The highest BCUT2D eigenvalue weighted by atomic mass is 15.3. The first-order valence-electron chi connectivity index (χ1n) is 8.70. The lowest BCUT2D eigenvalue weighted by Gasteiger charge is -2.32. The monoisotopic (exact) mass is 331 g/mol. The minimum atomic E-state index is 0.188. The molecule has 0 radical (unpaired) electrons. The van der Waals surface area contributed by atoms with Gasteiger partial charge in [-0.1, -0.05) is 30.3 Å². The standard InChI is InChI=1S/C20H21N5/c21-12-15-6-1-2-7-16(15)13-25-19-10-4-3-9-18(19)23-20(25)24-11-5-8-17(22)14-24/h1-4,6-7,9-10,17H,5,8,11,13-14,22H2/t17-/m1/s1. The van der Waals surface area contributed by atoms with Gasteiger partial charge in [-0.3, -0.25) is 0 Å². The number of rotatable bonds is 3. The van der Waals surface area contributed by atoms with Crippen LogP contribution in [0.2, 0.25) is 0 Å². The van der Waals surface area contributed by atoms with Gasteiger partial charge in [-0.15, -0.1) is 0 Å². The van der Waals surface area contributed by atoms with Crippen molar-refractivity contribution in [2.45, 2.75) is 25.4 Å². The van der Waals surface area contributed by atoms with Crippen LogP contribution in [0, 0.1) is 11.3 Å². The fourth-order valence-corrected chi connectivity index (χ4v) is 3.59. The first-order valence-corrected chi connectivity index (χ1v) is 8.70. The number of hydrogen-bond acceptors (Lipinski definition) is 4. The molecule has 0 unspecified atom stereocenters. The van der Waals surface area contributed by atoms with Gasteiger partial charge in [0.2, 0.25) is 5.95 Å². The van der Waals surface area contributed by atoms with Gasteiger partial charge in [-0.2, -0.15) is 5.26 Å². The van der Waals surface area contributed by atoms with Crippen LogP contribution >= 0.6 is 0 Å². The molecule has 1 fully saturated rings. The van der Waals surface area contributed by atoms with E-state index in [2.05, 4.69) is 21.6 Å². The van der Waals surface area contributed by atoms with E-state index in [9.17, 15) is 5.26 Å². The number of aromatic nitrogens is 2. The summed E-state index contributed by atoms with van der Waals surface area (Å²) in [5.41, 5.74) is 9.97. The SMILES string of the molecule is N#Cc1ccccc1Cn1c(N2CCC[C@@H](N)C2)nc2ccccc21. The van der Waals surface area contributed by atoms with E-state index < -0.39 is 0 Å². The van der Waals surface area contributed by atoms with Gasteiger partial charge in [0, 0.05) is 19.1 Å². The third kappa shape index (κ3) is 2.97. The number of piperidine rings is 1. The largest absolute Gasteiger partial charge is 0.341 e. The number of nitriles is 1. The van der Waals surface area contributed by atoms with Gasteiger partial charge in [-0.05, 0) is 36.6 Å². The summed E-state index contributed by atoms with van der Waals surface area (Å²) in [6.45, 7) is 2.42. The Morgan fingerprint density at radius 3 is 2.80 bits per heavy atom. The third-order valence-corrected chi connectivity index (χ3v) is 4.84. The second-order valence-corrected chi connectivity index (χ2v) is 6.60. The lowest BCUT2D eigenvalue weighted by atomic mass is 10.1. The van der Waals surface area contributed by atoms with Crippen molar-refractivity contribution in [2.75, 3.05) is 18.0 Å². The van der Waals surface area contributed by atoms with Crippen LogP contribution < -0.4 is 10.6 Å². The minimum absolute atomic E-state index is 0.188. The summed E-state index contributed by atoms with van der Waals surface area (Å²) in [4.78, 5) is 7.15. The molecule has 0 bridgehead atoms. The lowest BCUT2D eigenvalue weighted by Crippen LogP contribution is -2.44. The molecule has 2 aromatic carbocycles. The molecule has 2 N–H and O–H groups in total. The van der Waals surface area contributed by atoms with Gasteiger partial charge in [0.25, 0.3) is 0 Å². The lowest BCUT2D eigenvalue weighted by molar-refractivity contribution is 0.495. The molecule has 1 aromatic heterocycles. The summed E-state index contributed by atoms with van der Waals surface area (Å²) in [5.74, 6) is 0.948. The Bertz CT molecular complexity index is 937. The Hall–Kier alpha value is -2.84. The van der Waals surface area contributed by atoms with Gasteiger partial charge in [0.1, 0.15) is 0 Å². The van der Waals surface area contributed by atoms with E-state index in [1.165, 1.54) is 0 Å². The van der Waals surface area contributed by atoms with Crippen LogP contribution in [-0.2, 0) is 6.54 Å². The van der Waals surface area contributed by atoms with E-state index in [1.54, 1.807) is 0 Å². The number of para-hydroxylation sites is 2. The highest BCUT2D eigenvalue weighted by molar-refractivity contribution is 5.79. The molecule has 126 valence electrons. The molecule has 0 aliphatic carbocycles. The fraction of sp³-hybridized carbons (Fsp3) is 0.300. The summed E-state index contributed by atoms with van der Waals surface area (Å²) in [7, 11) is 0. The van der Waals surface area contributed by atoms with Crippen LogP contribution in [-0.4, -0.2) is 28.7 Å². The molecule has 4 rings (SSSR count). The number of nitrogens with two attached hydrogens (primary N) is 1. The first kappa shape index (κ1) is 15.7. The number of fused-ring (bicyclic) bond motifs is 1. The normalized spacial score (nSPS) is 17.6. The number of imidazole rings is 1. The van der Waals surface area contributed by atoms with Crippen LogP contribution in [0.25, 0.3) is 11.0 Å². The molecule has 1 aliphatic rings. The predicted octanol–water partition coefficient (Wildman–Crippen LogP) is 2.88. The van der Waals surface area contributed by atoms with Crippen molar-refractivity contribution in [3.05, 3.63) is 59.7 Å². The zero-order chi connectivity index (χ0) is 17.2. The first-order chi connectivity index (χ1) is 12.3. The van der Waals surface area contributed by atoms with Gasteiger partial charge in [0.05, 0.1) is 29.2 Å². The van der Waals surface area contributed by atoms with Gasteiger partial charge >= 0.3 is 0 Å². The average molecular weight is 331 g/mol. The quantitative estimate of drug-likeness (QED) is 0.801. The van der Waals surface area contributed by atoms with E-state index in [-0.39, 0.29) is 6.04 Å². The van der Waals surface area contributed by atoms with Crippen molar-refractivity contribution in [2.24, 2.45) is 5.73 Å². The summed E-state index contributed by atoms with van der Waals surface area (Å²) >= 11 is 0. The molecule has 1 aliphatic heterocycles. The topological polar surface area (TPSA) is 70.9 Å². The highest BCUT2D eigenvalue weighted by Gasteiger charge is 2.22. The summed E-state index contributed by atoms with van der Waals surface area (Å²) < 4.78 is 2.21. The van der Waals surface area contributed by atoms with Crippen LogP contribution in [0.1, 0.15) is 24.0 Å². The molecule has 0 saturated carbocycles. The van der Waals surface area contributed by atoms with Crippen molar-refractivity contribution < 1.29 is 0 Å². The third-order valence-electron chi connectivity index (χ3n) is 4.84. The van der Waals surface area contributed by atoms with Crippen molar-refractivity contribution >= 4 is 17.0 Å².